The van der Waals surface area contributed by atoms with E-state index < -0.39 is 0 Å². The van der Waals surface area contributed by atoms with Crippen molar-refractivity contribution in [3.05, 3.63) is 35.4 Å². The largest absolute Gasteiger partial charge is 0.367 e. The Hall–Kier alpha value is -1.91. The maximum atomic E-state index is 5.41. The van der Waals surface area contributed by atoms with E-state index in [9.17, 15) is 0 Å². The third-order valence-electron chi connectivity index (χ3n) is 2.16. The maximum Gasteiger partial charge on any atom is 0.239 e. The van der Waals surface area contributed by atoms with Crippen LogP contribution in [0.15, 0.2) is 18.3 Å². The summed E-state index contributed by atoms with van der Waals surface area (Å²) in [5, 5.41) is 6.56. The third-order valence-corrected chi connectivity index (χ3v) is 2.16. The molecule has 2 aromatic rings. The Morgan fingerprint density at radius 3 is 2.93 bits per heavy atom. The first-order valence-electron chi connectivity index (χ1n) is 4.82. The lowest BCUT2D eigenvalue weighted by molar-refractivity contribution is 0.861. The van der Waals surface area contributed by atoms with Crippen LogP contribution in [0.3, 0.4) is 0 Å². The number of aryl methyl sites for hydroxylation is 3. The number of nitrogens with two attached hydrogens (primary N) is 1. The van der Waals surface area contributed by atoms with Gasteiger partial charge in [0.1, 0.15) is 5.82 Å². The van der Waals surface area contributed by atoms with Crippen molar-refractivity contribution in [3.8, 4) is 0 Å². The fraction of sp³-hybridized carbons (Fsp3) is 0.300. The Balaban J connectivity index is 1.99. The number of nitrogen functional groups attached to an aromatic ring is 1. The lowest BCUT2D eigenvalue weighted by Gasteiger charge is -1.99. The molecule has 2 heterocycles. The molecule has 0 aliphatic heterocycles. The normalized spacial score (nSPS) is 10.5. The highest BCUT2D eigenvalue weighted by Crippen LogP contribution is 2.05. The van der Waals surface area contributed by atoms with Crippen molar-refractivity contribution >= 4 is 5.95 Å². The molecule has 0 aromatic carbocycles. The van der Waals surface area contributed by atoms with Crippen LogP contribution in [0.2, 0.25) is 0 Å². The zero-order valence-corrected chi connectivity index (χ0v) is 8.57. The van der Waals surface area contributed by atoms with Gasteiger partial charge in [0.15, 0.2) is 0 Å². The average molecular weight is 203 g/mol. The molecule has 0 fully saturated rings. The van der Waals surface area contributed by atoms with Gasteiger partial charge in [0.05, 0.1) is 0 Å². The summed E-state index contributed by atoms with van der Waals surface area (Å²) in [5.74, 6) is 1.12. The van der Waals surface area contributed by atoms with Gasteiger partial charge >= 0.3 is 0 Å². The van der Waals surface area contributed by atoms with Crippen molar-refractivity contribution in [2.75, 3.05) is 5.73 Å². The van der Waals surface area contributed by atoms with Crippen LogP contribution in [0.25, 0.3) is 0 Å². The first-order valence-corrected chi connectivity index (χ1v) is 4.82. The van der Waals surface area contributed by atoms with Crippen LogP contribution in [-0.4, -0.2) is 20.2 Å². The van der Waals surface area contributed by atoms with Crippen LogP contribution in [0.5, 0.6) is 0 Å². The molecule has 0 saturated heterocycles. The van der Waals surface area contributed by atoms with Gasteiger partial charge in [-0.25, -0.2) is 0 Å². The minimum atomic E-state index is 0.302. The van der Waals surface area contributed by atoms with Gasteiger partial charge in [-0.3, -0.25) is 10.1 Å². The molecule has 78 valence electrons. The van der Waals surface area contributed by atoms with Gasteiger partial charge < -0.3 is 5.73 Å². The smallest absolute Gasteiger partial charge is 0.239 e. The van der Waals surface area contributed by atoms with Crippen molar-refractivity contribution in [2.24, 2.45) is 0 Å². The monoisotopic (exact) mass is 203 g/mol. The minimum absolute atomic E-state index is 0.302. The second-order valence-corrected chi connectivity index (χ2v) is 3.45. The van der Waals surface area contributed by atoms with E-state index in [0.717, 1.165) is 24.4 Å². The topological polar surface area (TPSA) is 80.5 Å². The average Bonchev–Trinajstić information content (AvgIpc) is 2.62. The number of aromatic amines is 1. The Bertz CT molecular complexity index is 449. The molecule has 0 atom stereocenters. The van der Waals surface area contributed by atoms with Crippen LogP contribution >= 0.6 is 0 Å². The van der Waals surface area contributed by atoms with E-state index in [1.165, 1.54) is 5.56 Å². The van der Waals surface area contributed by atoms with Crippen LogP contribution in [0.4, 0.5) is 5.95 Å². The number of aromatic nitrogens is 4. The summed E-state index contributed by atoms with van der Waals surface area (Å²) >= 11 is 0. The van der Waals surface area contributed by atoms with Crippen molar-refractivity contribution in [1.29, 1.82) is 0 Å². The van der Waals surface area contributed by atoms with Crippen molar-refractivity contribution in [2.45, 2.75) is 19.8 Å². The van der Waals surface area contributed by atoms with Crippen molar-refractivity contribution in [3.63, 3.8) is 0 Å². The fourth-order valence-electron chi connectivity index (χ4n) is 1.44. The number of anilines is 1. The molecule has 0 aliphatic rings. The van der Waals surface area contributed by atoms with Gasteiger partial charge in [0.2, 0.25) is 5.95 Å². The summed E-state index contributed by atoms with van der Waals surface area (Å²) in [6.07, 6.45) is 3.55. The summed E-state index contributed by atoms with van der Waals surface area (Å²) in [4.78, 5) is 8.19. The van der Waals surface area contributed by atoms with E-state index in [2.05, 4.69) is 26.2 Å². The molecule has 0 aliphatic carbocycles. The summed E-state index contributed by atoms with van der Waals surface area (Å²) in [5.41, 5.74) is 7.69. The molecule has 2 rings (SSSR count). The van der Waals surface area contributed by atoms with Crippen LogP contribution in [-0.2, 0) is 12.8 Å². The summed E-state index contributed by atoms with van der Waals surface area (Å²) in [6, 6.07) is 4.08. The Labute approximate surface area is 87.8 Å². The van der Waals surface area contributed by atoms with E-state index in [1.54, 1.807) is 0 Å². The molecule has 3 N–H and O–H groups in total. The number of pyridine rings is 1. The van der Waals surface area contributed by atoms with E-state index in [0.29, 0.717) is 5.95 Å². The zero-order valence-electron chi connectivity index (χ0n) is 8.57. The minimum Gasteiger partial charge on any atom is -0.367 e. The predicted molar refractivity (Wildman–Crippen MR) is 57.2 cm³/mol. The quantitative estimate of drug-likeness (QED) is 0.775. The van der Waals surface area contributed by atoms with E-state index >= 15 is 0 Å². The summed E-state index contributed by atoms with van der Waals surface area (Å²) in [6.45, 7) is 1.98. The first kappa shape index (κ1) is 9.64. The molecule has 15 heavy (non-hydrogen) atoms. The SMILES string of the molecule is Cc1cc(CCc2nc(N)n[nH]2)ccn1. The molecule has 0 radical (unpaired) electrons. The highest BCUT2D eigenvalue weighted by atomic mass is 15.3. The Kier molecular flexibility index (Phi) is 2.62. The Morgan fingerprint density at radius 2 is 2.27 bits per heavy atom. The molecule has 0 spiro atoms. The summed E-state index contributed by atoms with van der Waals surface area (Å²) in [7, 11) is 0. The lowest BCUT2D eigenvalue weighted by Crippen LogP contribution is -1.95. The molecule has 0 bridgehead atoms. The molecular weight excluding hydrogens is 190 g/mol. The van der Waals surface area contributed by atoms with E-state index in [4.69, 9.17) is 5.73 Å². The van der Waals surface area contributed by atoms with E-state index in [1.807, 2.05) is 19.2 Å². The number of H-pyrrole nitrogens is 1. The number of rotatable bonds is 3. The van der Waals surface area contributed by atoms with Gasteiger partial charge in [-0.2, -0.15) is 4.98 Å². The molecule has 0 unspecified atom stereocenters. The molecular formula is C10H13N5. The fourth-order valence-corrected chi connectivity index (χ4v) is 1.44. The number of hydrogen-bond acceptors (Lipinski definition) is 4. The van der Waals surface area contributed by atoms with Gasteiger partial charge in [0.25, 0.3) is 0 Å². The second-order valence-electron chi connectivity index (χ2n) is 3.45. The van der Waals surface area contributed by atoms with Gasteiger partial charge in [0, 0.05) is 18.3 Å². The molecule has 0 saturated carbocycles. The Morgan fingerprint density at radius 1 is 1.40 bits per heavy atom. The lowest BCUT2D eigenvalue weighted by atomic mass is 10.1. The highest BCUT2D eigenvalue weighted by molar-refractivity contribution is 5.17. The number of hydrogen-bond donors (Lipinski definition) is 2. The maximum absolute atomic E-state index is 5.41. The van der Waals surface area contributed by atoms with Crippen molar-refractivity contribution < 1.29 is 0 Å². The first-order chi connectivity index (χ1) is 7.24. The standard InChI is InChI=1S/C10H13N5/c1-7-6-8(4-5-12-7)2-3-9-13-10(11)15-14-9/h4-6H,2-3H2,1H3,(H3,11,13,14,15). The highest BCUT2D eigenvalue weighted by Gasteiger charge is 2.00. The van der Waals surface area contributed by atoms with Crippen LogP contribution in [0, 0.1) is 6.92 Å². The van der Waals surface area contributed by atoms with Gasteiger partial charge in [-0.15, -0.1) is 5.10 Å². The van der Waals surface area contributed by atoms with Crippen LogP contribution in [0.1, 0.15) is 17.1 Å². The predicted octanol–water partition coefficient (Wildman–Crippen LogP) is 0.876. The molecule has 0 amide bonds. The zero-order chi connectivity index (χ0) is 10.7. The van der Waals surface area contributed by atoms with Crippen LogP contribution < -0.4 is 5.73 Å². The molecule has 5 heteroatoms. The number of nitrogens with zero attached hydrogens (tertiary/aromatic N) is 3. The number of nitrogens with one attached hydrogen (secondary N) is 1. The van der Waals surface area contributed by atoms with Gasteiger partial charge in [-0.05, 0) is 31.0 Å². The third kappa shape index (κ3) is 2.52. The van der Waals surface area contributed by atoms with E-state index in [-0.39, 0.29) is 0 Å². The van der Waals surface area contributed by atoms with Gasteiger partial charge in [-0.1, -0.05) is 0 Å². The van der Waals surface area contributed by atoms with Crippen molar-refractivity contribution in [1.82, 2.24) is 20.2 Å². The second kappa shape index (κ2) is 4.08. The summed E-state index contributed by atoms with van der Waals surface area (Å²) < 4.78 is 0. The molecule has 5 nitrogen and oxygen atoms in total. The molecule has 2 aromatic heterocycles.